The summed E-state index contributed by atoms with van der Waals surface area (Å²) >= 11 is 0.727. The zero-order valence-electron chi connectivity index (χ0n) is 15.2. The molecule has 0 bridgehead atoms. The lowest BCUT2D eigenvalue weighted by Gasteiger charge is -2.07. The van der Waals surface area contributed by atoms with E-state index in [1.54, 1.807) is 37.3 Å². The summed E-state index contributed by atoms with van der Waals surface area (Å²) in [6, 6.07) is 17.7. The van der Waals surface area contributed by atoms with Crippen molar-refractivity contribution in [1.82, 2.24) is 9.78 Å². The Balaban J connectivity index is 1.82. The molecule has 9 heteroatoms. The second-order valence-electron chi connectivity index (χ2n) is 6.22. The van der Waals surface area contributed by atoms with Crippen molar-refractivity contribution in [3.8, 4) is 11.4 Å². The highest BCUT2D eigenvalue weighted by molar-refractivity contribution is 7.98. The number of aromatic hydroxyl groups is 1. The number of fused-ring (bicyclic) bond motifs is 1. The molecule has 0 saturated carbocycles. The van der Waals surface area contributed by atoms with Crippen LogP contribution in [-0.2, 0) is 0 Å². The fourth-order valence-electron chi connectivity index (χ4n) is 3.05. The van der Waals surface area contributed by atoms with Crippen LogP contribution in [0, 0.1) is 11.8 Å². The summed E-state index contributed by atoms with van der Waals surface area (Å²) < 4.78 is 4.21. The van der Waals surface area contributed by atoms with E-state index < -0.39 is 0 Å². The summed E-state index contributed by atoms with van der Waals surface area (Å²) in [5, 5.41) is 23.0. The molecule has 1 heterocycles. The summed E-state index contributed by atoms with van der Waals surface area (Å²) in [7, 11) is 0. The zero-order valence-corrected chi connectivity index (χ0v) is 16.1. The SMILES string of the molecule is Cc1[nH]n(-c2ccccc2)c(=O)c1N=Nc1c(O)cc(SN=O)c2ccccc12. The van der Waals surface area contributed by atoms with Gasteiger partial charge in [-0.25, -0.2) is 4.68 Å². The molecule has 0 fully saturated rings. The van der Waals surface area contributed by atoms with E-state index in [1.165, 1.54) is 10.7 Å². The van der Waals surface area contributed by atoms with E-state index in [0.29, 0.717) is 27.0 Å². The number of hydrogen-bond donors (Lipinski definition) is 2. The fourth-order valence-corrected chi connectivity index (χ4v) is 3.57. The third kappa shape index (κ3) is 3.43. The quantitative estimate of drug-likeness (QED) is 0.258. The van der Waals surface area contributed by atoms with Crippen LogP contribution in [0.25, 0.3) is 16.5 Å². The summed E-state index contributed by atoms with van der Waals surface area (Å²) in [5.74, 6) is -0.157. The number of nitroso groups, excluding NO2 is 1. The number of azo groups is 1. The lowest BCUT2D eigenvalue weighted by Crippen LogP contribution is -2.13. The first kappa shape index (κ1) is 18.6. The Morgan fingerprint density at radius 3 is 2.34 bits per heavy atom. The minimum Gasteiger partial charge on any atom is -0.506 e. The Hall–Kier alpha value is -3.72. The van der Waals surface area contributed by atoms with Crippen LogP contribution in [0.5, 0.6) is 5.75 Å². The van der Waals surface area contributed by atoms with E-state index >= 15 is 0 Å². The second-order valence-corrected chi connectivity index (χ2v) is 6.99. The Kier molecular flexibility index (Phi) is 4.96. The molecule has 0 atom stereocenters. The van der Waals surface area contributed by atoms with Crippen LogP contribution in [0.2, 0.25) is 0 Å². The molecule has 4 rings (SSSR count). The first-order valence-corrected chi connectivity index (χ1v) is 9.40. The first-order valence-electron chi connectivity index (χ1n) is 8.63. The van der Waals surface area contributed by atoms with Gasteiger partial charge in [-0.3, -0.25) is 9.89 Å². The van der Waals surface area contributed by atoms with E-state index in [4.69, 9.17) is 0 Å². The standard InChI is InChI=1S/C20H15N5O3S/c1-12-18(20(27)25(23-12)13-7-3-2-4-8-13)21-22-19-15-10-6-5-9-14(15)17(29-24-28)11-16(19)26/h2-11,23,26H,1H3. The molecule has 3 aromatic carbocycles. The lowest BCUT2D eigenvalue weighted by molar-refractivity contribution is 0.476. The molecule has 0 unspecified atom stereocenters. The number of rotatable bonds is 5. The van der Waals surface area contributed by atoms with Crippen molar-refractivity contribution in [2.75, 3.05) is 0 Å². The number of aromatic amines is 1. The summed E-state index contributed by atoms with van der Waals surface area (Å²) in [4.78, 5) is 23.9. The van der Waals surface area contributed by atoms with Crippen LogP contribution in [0.4, 0.5) is 11.4 Å². The highest BCUT2D eigenvalue weighted by Gasteiger charge is 2.15. The van der Waals surface area contributed by atoms with Crippen molar-refractivity contribution in [2.24, 2.45) is 14.8 Å². The van der Waals surface area contributed by atoms with Gasteiger partial charge in [0.1, 0.15) is 11.4 Å². The van der Waals surface area contributed by atoms with E-state index in [1.807, 2.05) is 24.3 Å². The average molecular weight is 405 g/mol. The van der Waals surface area contributed by atoms with Gasteiger partial charge >= 0.3 is 0 Å². The van der Waals surface area contributed by atoms with Crippen molar-refractivity contribution in [3.63, 3.8) is 0 Å². The maximum absolute atomic E-state index is 12.8. The number of nitrogens with zero attached hydrogens (tertiary/aromatic N) is 4. The zero-order chi connectivity index (χ0) is 20.4. The van der Waals surface area contributed by atoms with E-state index in [0.717, 1.165) is 11.9 Å². The fraction of sp³-hybridized carbons (Fsp3) is 0.0500. The monoisotopic (exact) mass is 405 g/mol. The van der Waals surface area contributed by atoms with Gasteiger partial charge in [0, 0.05) is 14.9 Å². The van der Waals surface area contributed by atoms with Crippen molar-refractivity contribution < 1.29 is 5.11 Å². The number of phenolic OH excluding ortho intramolecular Hbond substituents is 1. The van der Waals surface area contributed by atoms with Crippen molar-refractivity contribution in [2.45, 2.75) is 11.8 Å². The molecule has 1 aromatic heterocycles. The molecule has 0 radical (unpaired) electrons. The Morgan fingerprint density at radius 1 is 0.966 bits per heavy atom. The maximum atomic E-state index is 12.8. The molecule has 0 aliphatic rings. The van der Waals surface area contributed by atoms with Gasteiger partial charge in [0.15, 0.2) is 5.69 Å². The van der Waals surface area contributed by atoms with Crippen molar-refractivity contribution in [3.05, 3.63) is 81.6 Å². The van der Waals surface area contributed by atoms with Gasteiger partial charge in [-0.15, -0.1) is 15.1 Å². The van der Waals surface area contributed by atoms with Gasteiger partial charge in [-0.1, -0.05) is 42.5 Å². The number of aromatic nitrogens is 2. The van der Waals surface area contributed by atoms with E-state index in [-0.39, 0.29) is 22.7 Å². The van der Waals surface area contributed by atoms with Crippen LogP contribution < -0.4 is 5.56 Å². The van der Waals surface area contributed by atoms with Crippen LogP contribution in [0.1, 0.15) is 5.69 Å². The molecule has 0 saturated heterocycles. The highest BCUT2D eigenvalue weighted by atomic mass is 32.2. The van der Waals surface area contributed by atoms with Gasteiger partial charge < -0.3 is 5.11 Å². The smallest absolute Gasteiger partial charge is 0.299 e. The van der Waals surface area contributed by atoms with Crippen LogP contribution >= 0.6 is 11.9 Å². The van der Waals surface area contributed by atoms with Gasteiger partial charge in [-0.05, 0) is 30.5 Å². The number of aryl methyl sites for hydroxylation is 1. The molecule has 0 aliphatic carbocycles. The number of phenols is 1. The first-order chi connectivity index (χ1) is 14.1. The molecule has 0 amide bonds. The number of H-pyrrole nitrogens is 1. The third-order valence-electron chi connectivity index (χ3n) is 4.40. The predicted octanol–water partition coefficient (Wildman–Crippen LogP) is 5.52. The number of para-hydroxylation sites is 1. The summed E-state index contributed by atoms with van der Waals surface area (Å²) in [5.41, 5.74) is 1.23. The summed E-state index contributed by atoms with van der Waals surface area (Å²) in [6.45, 7) is 1.72. The highest BCUT2D eigenvalue weighted by Crippen LogP contribution is 2.41. The second kappa shape index (κ2) is 7.72. The molecule has 29 heavy (non-hydrogen) atoms. The molecule has 8 nitrogen and oxygen atoms in total. The summed E-state index contributed by atoms with van der Waals surface area (Å²) in [6.07, 6.45) is 0. The number of benzene rings is 3. The number of nitrogens with one attached hydrogen (secondary N) is 1. The van der Waals surface area contributed by atoms with Crippen LogP contribution in [0.3, 0.4) is 0 Å². The normalized spacial score (nSPS) is 11.3. The molecule has 2 N–H and O–H groups in total. The Bertz CT molecular complexity index is 1290. The maximum Gasteiger partial charge on any atom is 0.299 e. The number of hydrogen-bond acceptors (Lipinski definition) is 7. The molecule has 0 aliphatic heterocycles. The Labute approximate surface area is 169 Å². The Morgan fingerprint density at radius 2 is 1.62 bits per heavy atom. The van der Waals surface area contributed by atoms with Crippen LogP contribution in [0.15, 0.2) is 85.2 Å². The molecular formula is C20H15N5O3S. The van der Waals surface area contributed by atoms with E-state index in [2.05, 4.69) is 19.9 Å². The largest absolute Gasteiger partial charge is 0.506 e. The average Bonchev–Trinajstić information content (AvgIpc) is 3.02. The van der Waals surface area contributed by atoms with Crippen molar-refractivity contribution in [1.29, 1.82) is 0 Å². The van der Waals surface area contributed by atoms with Crippen molar-refractivity contribution >= 4 is 34.1 Å². The topological polar surface area (TPSA) is 112 Å². The van der Waals surface area contributed by atoms with Gasteiger partial charge in [0.2, 0.25) is 0 Å². The molecule has 4 aromatic rings. The van der Waals surface area contributed by atoms with Crippen LogP contribution in [-0.4, -0.2) is 14.9 Å². The minimum atomic E-state index is -0.349. The van der Waals surface area contributed by atoms with Gasteiger partial charge in [0.05, 0.1) is 23.3 Å². The molecule has 144 valence electrons. The predicted molar refractivity (Wildman–Crippen MR) is 113 cm³/mol. The third-order valence-corrected chi connectivity index (χ3v) is 5.01. The van der Waals surface area contributed by atoms with Gasteiger partial charge in [-0.2, -0.15) is 0 Å². The van der Waals surface area contributed by atoms with E-state index in [9.17, 15) is 14.8 Å². The minimum absolute atomic E-state index is 0.144. The molecule has 0 spiro atoms. The van der Waals surface area contributed by atoms with Gasteiger partial charge in [0.25, 0.3) is 5.56 Å². The lowest BCUT2D eigenvalue weighted by atomic mass is 10.1. The molecular weight excluding hydrogens is 390 g/mol.